The second-order valence-electron chi connectivity index (χ2n) is 8.26. The van der Waals surface area contributed by atoms with Crippen molar-refractivity contribution in [2.75, 3.05) is 38.1 Å². The number of carbonyl (C=O) groups is 1. The number of aromatic nitrogens is 3. The Morgan fingerprint density at radius 1 is 0.970 bits per heavy atom. The molecule has 1 aliphatic rings. The maximum atomic E-state index is 13.1. The number of nitroso groups, excluding NO2 is 1. The molecule has 1 atom stereocenters. The number of anilines is 1. The molecule has 0 N–H and O–H groups in total. The third kappa shape index (κ3) is 4.12. The predicted molar refractivity (Wildman–Crippen MR) is 128 cm³/mol. The number of hydrogen-bond acceptors (Lipinski definition) is 7. The summed E-state index contributed by atoms with van der Waals surface area (Å²) in [5, 5.41) is 4.16. The summed E-state index contributed by atoms with van der Waals surface area (Å²) in [5.74, 6) is 0.502. The molecule has 1 aromatic carbocycles. The van der Waals surface area contributed by atoms with Crippen molar-refractivity contribution in [3.8, 4) is 5.69 Å². The minimum absolute atomic E-state index is 0.346. The molecule has 8 nitrogen and oxygen atoms in total. The molecule has 0 spiro atoms. The maximum absolute atomic E-state index is 13.1. The molecule has 0 saturated carbocycles. The van der Waals surface area contributed by atoms with E-state index in [1.54, 1.807) is 30.6 Å². The standard InChI is InChI=1S/C25H24N6O2/c1-29-13-15-30(16-14-29)22-9-6-20(17-27-22)23(28-33)24(32)18-4-7-21(8-5-18)31-12-10-19-3-2-11-26-25(19)31/h2-12,17,23H,13-16H2,1H3. The summed E-state index contributed by atoms with van der Waals surface area (Å²) in [4.78, 5) is 38.1. The fraction of sp³-hybridized carbons (Fsp3) is 0.240. The molecule has 1 aliphatic heterocycles. The van der Waals surface area contributed by atoms with Crippen LogP contribution in [0.3, 0.4) is 0 Å². The molecule has 0 radical (unpaired) electrons. The van der Waals surface area contributed by atoms with Crippen LogP contribution < -0.4 is 4.90 Å². The number of ketones is 1. The van der Waals surface area contributed by atoms with Crippen LogP contribution in [-0.2, 0) is 0 Å². The van der Waals surface area contributed by atoms with E-state index in [-0.39, 0.29) is 5.78 Å². The lowest BCUT2D eigenvalue weighted by Crippen LogP contribution is -2.44. The second kappa shape index (κ2) is 8.91. The number of Topliss-reactive ketones (excluding diaryl/α,β-unsaturated/α-hetero) is 1. The average molecular weight is 441 g/mol. The van der Waals surface area contributed by atoms with Gasteiger partial charge in [0.2, 0.25) is 0 Å². The van der Waals surface area contributed by atoms with Gasteiger partial charge in [0, 0.05) is 67.0 Å². The van der Waals surface area contributed by atoms with E-state index in [1.165, 1.54) is 0 Å². The van der Waals surface area contributed by atoms with E-state index in [0.717, 1.165) is 48.7 Å². The molecular formula is C25H24N6O2. The summed E-state index contributed by atoms with van der Waals surface area (Å²) >= 11 is 0. The molecule has 3 aromatic heterocycles. The van der Waals surface area contributed by atoms with E-state index < -0.39 is 6.04 Å². The smallest absolute Gasteiger partial charge is 0.195 e. The average Bonchev–Trinajstić information content (AvgIpc) is 3.30. The Morgan fingerprint density at radius 3 is 2.45 bits per heavy atom. The van der Waals surface area contributed by atoms with Crippen molar-refractivity contribution in [2.45, 2.75) is 6.04 Å². The Hall–Kier alpha value is -3.91. The number of hydrogen-bond donors (Lipinski definition) is 0. The van der Waals surface area contributed by atoms with Gasteiger partial charge in [0.15, 0.2) is 11.8 Å². The number of carbonyl (C=O) groups excluding carboxylic acids is 1. The zero-order valence-electron chi connectivity index (χ0n) is 18.3. The summed E-state index contributed by atoms with van der Waals surface area (Å²) in [6, 6.07) is 15.5. The number of fused-ring (bicyclic) bond motifs is 1. The van der Waals surface area contributed by atoms with Gasteiger partial charge in [-0.05, 0) is 55.6 Å². The number of benzene rings is 1. The van der Waals surface area contributed by atoms with E-state index in [4.69, 9.17) is 0 Å². The van der Waals surface area contributed by atoms with Crippen molar-refractivity contribution in [3.05, 3.63) is 89.2 Å². The third-order valence-electron chi connectivity index (χ3n) is 6.15. The molecule has 8 heteroatoms. The van der Waals surface area contributed by atoms with Crippen molar-refractivity contribution in [2.24, 2.45) is 5.18 Å². The summed E-state index contributed by atoms with van der Waals surface area (Å²) in [6.45, 7) is 3.75. The monoisotopic (exact) mass is 440 g/mol. The Balaban J connectivity index is 1.34. The zero-order chi connectivity index (χ0) is 22.8. The van der Waals surface area contributed by atoms with Gasteiger partial charge >= 0.3 is 0 Å². The molecule has 1 saturated heterocycles. The normalized spacial score (nSPS) is 15.5. The van der Waals surface area contributed by atoms with Gasteiger partial charge < -0.3 is 14.4 Å². The lowest BCUT2D eigenvalue weighted by molar-refractivity contribution is 0.0961. The SMILES string of the molecule is CN1CCN(c2ccc(C(N=O)C(=O)c3ccc(-n4ccc5cccnc54)cc3)cn2)CC1. The van der Waals surface area contributed by atoms with Crippen LogP contribution in [-0.4, -0.2) is 58.4 Å². The van der Waals surface area contributed by atoms with Crippen molar-refractivity contribution in [1.82, 2.24) is 19.4 Å². The van der Waals surface area contributed by atoms with Crippen LogP contribution in [0.15, 0.2) is 78.4 Å². The highest BCUT2D eigenvalue weighted by atomic mass is 16.3. The van der Waals surface area contributed by atoms with Gasteiger partial charge in [-0.3, -0.25) is 4.79 Å². The van der Waals surface area contributed by atoms with Crippen molar-refractivity contribution >= 4 is 22.6 Å². The minimum Gasteiger partial charge on any atom is -0.354 e. The predicted octanol–water partition coefficient (Wildman–Crippen LogP) is 3.86. The zero-order valence-corrected chi connectivity index (χ0v) is 18.3. The molecule has 4 heterocycles. The summed E-state index contributed by atoms with van der Waals surface area (Å²) < 4.78 is 1.96. The van der Waals surface area contributed by atoms with Gasteiger partial charge in [0.25, 0.3) is 0 Å². The quantitative estimate of drug-likeness (QED) is 0.334. The van der Waals surface area contributed by atoms with E-state index in [9.17, 15) is 9.70 Å². The Kier molecular flexibility index (Phi) is 5.66. The van der Waals surface area contributed by atoms with Gasteiger partial charge in [0.1, 0.15) is 11.5 Å². The fourth-order valence-electron chi connectivity index (χ4n) is 4.16. The summed E-state index contributed by atoms with van der Waals surface area (Å²) in [6.07, 6.45) is 5.28. The minimum atomic E-state index is -1.13. The number of nitrogens with zero attached hydrogens (tertiary/aromatic N) is 6. The molecule has 5 rings (SSSR count). The van der Waals surface area contributed by atoms with Crippen LogP contribution in [0.1, 0.15) is 22.0 Å². The van der Waals surface area contributed by atoms with Crippen LogP contribution in [0, 0.1) is 4.91 Å². The first-order valence-corrected chi connectivity index (χ1v) is 10.9. The van der Waals surface area contributed by atoms with Crippen LogP contribution in [0.2, 0.25) is 0 Å². The van der Waals surface area contributed by atoms with E-state index in [1.807, 2.05) is 47.2 Å². The Bertz CT molecular complexity index is 1270. The largest absolute Gasteiger partial charge is 0.354 e. The van der Waals surface area contributed by atoms with Crippen LogP contribution in [0.25, 0.3) is 16.7 Å². The number of rotatable bonds is 6. The fourth-order valence-corrected chi connectivity index (χ4v) is 4.16. The van der Waals surface area contributed by atoms with Gasteiger partial charge in [-0.2, -0.15) is 0 Å². The third-order valence-corrected chi connectivity index (χ3v) is 6.15. The highest BCUT2D eigenvalue weighted by molar-refractivity contribution is 6.01. The molecule has 1 unspecified atom stereocenters. The first kappa shape index (κ1) is 21.0. The first-order valence-electron chi connectivity index (χ1n) is 10.9. The molecule has 4 aromatic rings. The van der Waals surface area contributed by atoms with Gasteiger partial charge in [0.05, 0.1) is 0 Å². The van der Waals surface area contributed by atoms with Crippen LogP contribution >= 0.6 is 0 Å². The van der Waals surface area contributed by atoms with Gasteiger partial charge in [-0.25, -0.2) is 9.97 Å². The molecule has 0 amide bonds. The molecule has 1 fully saturated rings. The molecule has 33 heavy (non-hydrogen) atoms. The van der Waals surface area contributed by atoms with Crippen molar-refractivity contribution in [3.63, 3.8) is 0 Å². The van der Waals surface area contributed by atoms with Crippen LogP contribution in [0.4, 0.5) is 5.82 Å². The summed E-state index contributed by atoms with van der Waals surface area (Å²) in [7, 11) is 2.10. The Morgan fingerprint density at radius 2 is 1.76 bits per heavy atom. The summed E-state index contributed by atoms with van der Waals surface area (Å²) in [5.41, 5.74) is 2.65. The van der Waals surface area contributed by atoms with Crippen LogP contribution in [0.5, 0.6) is 0 Å². The molecule has 0 bridgehead atoms. The lowest BCUT2D eigenvalue weighted by Gasteiger charge is -2.33. The van der Waals surface area contributed by atoms with Gasteiger partial charge in [-0.1, -0.05) is 11.2 Å². The van der Waals surface area contributed by atoms with E-state index in [2.05, 4.69) is 32.0 Å². The second-order valence-corrected chi connectivity index (χ2v) is 8.26. The highest BCUT2D eigenvalue weighted by Crippen LogP contribution is 2.25. The van der Waals surface area contributed by atoms with E-state index >= 15 is 0 Å². The molecule has 0 aliphatic carbocycles. The van der Waals surface area contributed by atoms with Crippen molar-refractivity contribution < 1.29 is 4.79 Å². The topological polar surface area (TPSA) is 83.7 Å². The molecular weight excluding hydrogens is 416 g/mol. The Labute approximate surface area is 191 Å². The van der Waals surface area contributed by atoms with Crippen molar-refractivity contribution in [1.29, 1.82) is 0 Å². The number of piperazine rings is 1. The highest BCUT2D eigenvalue weighted by Gasteiger charge is 2.24. The lowest BCUT2D eigenvalue weighted by atomic mass is 9.99. The van der Waals surface area contributed by atoms with E-state index in [0.29, 0.717) is 11.1 Å². The first-order chi connectivity index (χ1) is 16.1. The number of pyridine rings is 2. The van der Waals surface area contributed by atoms with Gasteiger partial charge in [-0.15, -0.1) is 4.91 Å². The number of likely N-dealkylation sites (N-methyl/N-ethyl adjacent to an activating group) is 1. The molecule has 166 valence electrons. The maximum Gasteiger partial charge on any atom is 0.195 e.